The first-order valence-electron chi connectivity index (χ1n) is 4.12. The van der Waals surface area contributed by atoms with Gasteiger partial charge in [0.2, 0.25) is 0 Å². The van der Waals surface area contributed by atoms with Gasteiger partial charge in [-0.15, -0.1) is 6.42 Å². The molecule has 0 heterocycles. The molecular formula is C11H10BrNO. The first-order valence-corrected chi connectivity index (χ1v) is 4.91. The van der Waals surface area contributed by atoms with Crippen molar-refractivity contribution in [1.82, 2.24) is 5.32 Å². The van der Waals surface area contributed by atoms with Gasteiger partial charge < -0.3 is 5.32 Å². The Labute approximate surface area is 91.8 Å². The lowest BCUT2D eigenvalue weighted by atomic mass is 10.1. The number of aryl methyl sites for hydroxylation is 1. The first-order chi connectivity index (χ1) is 6.63. The fourth-order valence-electron chi connectivity index (χ4n) is 1.10. The highest BCUT2D eigenvalue weighted by molar-refractivity contribution is 9.10. The molecule has 0 atom stereocenters. The summed E-state index contributed by atoms with van der Waals surface area (Å²) in [5.74, 6) is 2.21. The second kappa shape index (κ2) is 4.83. The molecule has 0 saturated carbocycles. The van der Waals surface area contributed by atoms with Crippen LogP contribution < -0.4 is 5.32 Å². The van der Waals surface area contributed by atoms with Crippen LogP contribution in [0.25, 0.3) is 0 Å². The molecule has 2 nitrogen and oxygen atoms in total. The molecule has 1 amide bonds. The van der Waals surface area contributed by atoms with Crippen molar-refractivity contribution < 1.29 is 4.79 Å². The number of amides is 1. The van der Waals surface area contributed by atoms with Gasteiger partial charge >= 0.3 is 0 Å². The summed E-state index contributed by atoms with van der Waals surface area (Å²) in [6.07, 6.45) is 5.04. The Kier molecular flexibility index (Phi) is 3.73. The van der Waals surface area contributed by atoms with Gasteiger partial charge in [-0.25, -0.2) is 0 Å². The first kappa shape index (κ1) is 10.8. The smallest absolute Gasteiger partial charge is 0.252 e. The second-order valence-electron chi connectivity index (χ2n) is 2.90. The van der Waals surface area contributed by atoms with E-state index in [1.807, 2.05) is 19.1 Å². The maximum atomic E-state index is 11.5. The maximum absolute atomic E-state index is 11.5. The van der Waals surface area contributed by atoms with Crippen LogP contribution in [-0.4, -0.2) is 12.5 Å². The number of carbonyl (C=O) groups is 1. The Hall–Kier alpha value is -1.27. The van der Waals surface area contributed by atoms with E-state index in [-0.39, 0.29) is 12.5 Å². The average Bonchev–Trinajstić information content (AvgIpc) is 2.12. The van der Waals surface area contributed by atoms with Crippen molar-refractivity contribution in [2.24, 2.45) is 0 Å². The van der Waals surface area contributed by atoms with E-state index < -0.39 is 0 Å². The van der Waals surface area contributed by atoms with Gasteiger partial charge in [-0.1, -0.05) is 21.9 Å². The van der Waals surface area contributed by atoms with E-state index in [9.17, 15) is 4.79 Å². The SMILES string of the molecule is C#CCNC(=O)c1cc(C)cc(Br)c1. The number of hydrogen-bond acceptors (Lipinski definition) is 1. The average molecular weight is 252 g/mol. The van der Waals surface area contributed by atoms with E-state index in [0.29, 0.717) is 5.56 Å². The normalized spacial score (nSPS) is 9.21. The summed E-state index contributed by atoms with van der Waals surface area (Å²) < 4.78 is 0.892. The van der Waals surface area contributed by atoms with Crippen LogP contribution in [0.2, 0.25) is 0 Å². The van der Waals surface area contributed by atoms with Crippen LogP contribution in [0.1, 0.15) is 15.9 Å². The monoisotopic (exact) mass is 251 g/mol. The molecule has 3 heteroatoms. The lowest BCUT2D eigenvalue weighted by Gasteiger charge is -2.03. The third-order valence-corrected chi connectivity index (χ3v) is 2.11. The highest BCUT2D eigenvalue weighted by Gasteiger charge is 2.05. The molecule has 0 fully saturated rings. The van der Waals surface area contributed by atoms with Crippen molar-refractivity contribution in [3.8, 4) is 12.3 Å². The molecule has 14 heavy (non-hydrogen) atoms. The van der Waals surface area contributed by atoms with Crippen LogP contribution in [0, 0.1) is 19.3 Å². The van der Waals surface area contributed by atoms with E-state index in [1.54, 1.807) is 6.07 Å². The molecule has 1 N–H and O–H groups in total. The van der Waals surface area contributed by atoms with E-state index in [1.165, 1.54) is 0 Å². The van der Waals surface area contributed by atoms with E-state index in [0.717, 1.165) is 10.0 Å². The Morgan fingerprint density at radius 3 is 2.86 bits per heavy atom. The van der Waals surface area contributed by atoms with Crippen LogP contribution >= 0.6 is 15.9 Å². The molecule has 1 aromatic carbocycles. The van der Waals surface area contributed by atoms with Gasteiger partial charge in [0, 0.05) is 10.0 Å². The van der Waals surface area contributed by atoms with E-state index in [2.05, 4.69) is 27.2 Å². The summed E-state index contributed by atoms with van der Waals surface area (Å²) in [7, 11) is 0. The van der Waals surface area contributed by atoms with E-state index >= 15 is 0 Å². The van der Waals surface area contributed by atoms with Gasteiger partial charge in [-0.05, 0) is 30.7 Å². The van der Waals surface area contributed by atoms with Gasteiger partial charge in [-0.2, -0.15) is 0 Å². The van der Waals surface area contributed by atoms with Crippen LogP contribution in [0.3, 0.4) is 0 Å². The van der Waals surface area contributed by atoms with Gasteiger partial charge in [0.15, 0.2) is 0 Å². The summed E-state index contributed by atoms with van der Waals surface area (Å²) >= 11 is 3.33. The Morgan fingerprint density at radius 1 is 1.57 bits per heavy atom. The Morgan fingerprint density at radius 2 is 2.29 bits per heavy atom. The third kappa shape index (κ3) is 2.90. The molecule has 0 radical (unpaired) electrons. The van der Waals surface area contributed by atoms with Crippen LogP contribution in [-0.2, 0) is 0 Å². The number of nitrogens with one attached hydrogen (secondary N) is 1. The van der Waals surface area contributed by atoms with Crippen molar-refractivity contribution in [1.29, 1.82) is 0 Å². The van der Waals surface area contributed by atoms with Crippen molar-refractivity contribution in [2.45, 2.75) is 6.92 Å². The van der Waals surface area contributed by atoms with Crippen molar-refractivity contribution in [2.75, 3.05) is 6.54 Å². The zero-order valence-corrected chi connectivity index (χ0v) is 9.39. The largest absolute Gasteiger partial charge is 0.341 e. The zero-order chi connectivity index (χ0) is 10.6. The van der Waals surface area contributed by atoms with Gasteiger partial charge in [0.05, 0.1) is 6.54 Å². The molecule has 0 aliphatic carbocycles. The van der Waals surface area contributed by atoms with E-state index in [4.69, 9.17) is 6.42 Å². The summed E-state index contributed by atoms with van der Waals surface area (Å²) in [6, 6.07) is 5.52. The minimum atomic E-state index is -0.146. The number of terminal acetylenes is 1. The standard InChI is InChI=1S/C11H10BrNO/c1-3-4-13-11(14)9-5-8(2)6-10(12)7-9/h1,5-7H,4H2,2H3,(H,13,14). The number of carbonyl (C=O) groups excluding carboxylic acids is 1. The van der Waals surface area contributed by atoms with Crippen LogP contribution in [0.5, 0.6) is 0 Å². The molecule has 1 aromatic rings. The summed E-state index contributed by atoms with van der Waals surface area (Å²) in [5.41, 5.74) is 1.65. The fourth-order valence-corrected chi connectivity index (χ4v) is 1.71. The summed E-state index contributed by atoms with van der Waals surface area (Å²) in [5, 5.41) is 2.61. The molecular weight excluding hydrogens is 242 g/mol. The summed E-state index contributed by atoms with van der Waals surface area (Å²) in [6.45, 7) is 2.19. The van der Waals surface area contributed by atoms with Crippen molar-refractivity contribution in [3.05, 3.63) is 33.8 Å². The van der Waals surface area contributed by atoms with Crippen molar-refractivity contribution >= 4 is 21.8 Å². The maximum Gasteiger partial charge on any atom is 0.252 e. The van der Waals surface area contributed by atoms with Crippen molar-refractivity contribution in [3.63, 3.8) is 0 Å². The predicted molar refractivity (Wildman–Crippen MR) is 60.0 cm³/mol. The molecule has 0 aliphatic rings. The molecule has 0 bridgehead atoms. The Balaban J connectivity index is 2.85. The summed E-state index contributed by atoms with van der Waals surface area (Å²) in [4.78, 5) is 11.5. The van der Waals surface area contributed by atoms with Gasteiger partial charge in [0.1, 0.15) is 0 Å². The number of rotatable bonds is 2. The van der Waals surface area contributed by atoms with Crippen LogP contribution in [0.15, 0.2) is 22.7 Å². The molecule has 0 aliphatic heterocycles. The molecule has 1 rings (SSSR count). The quantitative estimate of drug-likeness (QED) is 0.802. The zero-order valence-electron chi connectivity index (χ0n) is 7.80. The van der Waals surface area contributed by atoms with Gasteiger partial charge in [-0.3, -0.25) is 4.79 Å². The topological polar surface area (TPSA) is 29.1 Å². The number of hydrogen-bond donors (Lipinski definition) is 1. The third-order valence-electron chi connectivity index (χ3n) is 1.66. The molecule has 72 valence electrons. The molecule has 0 spiro atoms. The molecule has 0 aromatic heterocycles. The highest BCUT2D eigenvalue weighted by atomic mass is 79.9. The second-order valence-corrected chi connectivity index (χ2v) is 3.82. The lowest BCUT2D eigenvalue weighted by molar-refractivity contribution is 0.0958. The molecule has 0 unspecified atom stereocenters. The van der Waals surface area contributed by atoms with Crippen LogP contribution in [0.4, 0.5) is 0 Å². The highest BCUT2D eigenvalue weighted by Crippen LogP contribution is 2.14. The number of halogens is 1. The minimum Gasteiger partial charge on any atom is -0.341 e. The molecule has 0 saturated heterocycles. The lowest BCUT2D eigenvalue weighted by Crippen LogP contribution is -2.23. The Bertz CT molecular complexity index is 373. The predicted octanol–water partition coefficient (Wildman–Crippen LogP) is 2.12. The fraction of sp³-hybridized carbons (Fsp3) is 0.182. The van der Waals surface area contributed by atoms with Gasteiger partial charge in [0.25, 0.3) is 5.91 Å². The minimum absolute atomic E-state index is 0.146. The number of benzene rings is 1.